The number of hydrogen-bond donors (Lipinski definition) is 1. The van der Waals surface area contributed by atoms with Gasteiger partial charge in [-0.3, -0.25) is 0 Å². The maximum atomic E-state index is 5.70. The highest BCUT2D eigenvalue weighted by molar-refractivity contribution is 5.25. The van der Waals surface area contributed by atoms with Crippen molar-refractivity contribution in [2.45, 2.75) is 46.1 Å². The minimum Gasteiger partial charge on any atom is -0.330 e. The number of nitrogens with zero attached hydrogens (tertiary/aromatic N) is 3. The molecule has 1 atom stereocenters. The van der Waals surface area contributed by atoms with Gasteiger partial charge < -0.3 is 5.73 Å². The fraction of sp³-hybridized carbons (Fsp3) is 0.500. The zero-order chi connectivity index (χ0) is 14.5. The van der Waals surface area contributed by atoms with Crippen LogP contribution in [0.25, 0.3) is 0 Å². The topological polar surface area (TPSA) is 56.7 Å². The molecule has 0 radical (unpaired) electrons. The summed E-state index contributed by atoms with van der Waals surface area (Å²) in [6.45, 7) is 7.82. The molecule has 20 heavy (non-hydrogen) atoms. The Kier molecular flexibility index (Phi) is 4.90. The van der Waals surface area contributed by atoms with Gasteiger partial charge in [-0.2, -0.15) is 5.10 Å². The lowest BCUT2D eigenvalue weighted by molar-refractivity contribution is 0.636. The Morgan fingerprint density at radius 3 is 2.40 bits per heavy atom. The summed E-state index contributed by atoms with van der Waals surface area (Å²) in [4.78, 5) is 4.54. The van der Waals surface area contributed by atoms with E-state index in [-0.39, 0.29) is 0 Å². The molecular formula is C16H24N4. The standard InChI is InChI=1S/C16H24N4/c1-4-15-18-16(5-2)20(19-15)11-13-6-8-14(9-7-13)12(3)10-17/h6-9,12H,4-5,10-11,17H2,1-3H3. The lowest BCUT2D eigenvalue weighted by atomic mass is 10.0. The van der Waals surface area contributed by atoms with E-state index in [9.17, 15) is 0 Å². The Labute approximate surface area is 121 Å². The summed E-state index contributed by atoms with van der Waals surface area (Å²) >= 11 is 0. The van der Waals surface area contributed by atoms with E-state index in [4.69, 9.17) is 5.73 Å². The number of rotatable bonds is 6. The second kappa shape index (κ2) is 6.66. The van der Waals surface area contributed by atoms with Gasteiger partial charge in [0.15, 0.2) is 5.82 Å². The van der Waals surface area contributed by atoms with Gasteiger partial charge in [-0.15, -0.1) is 0 Å². The van der Waals surface area contributed by atoms with Crippen molar-refractivity contribution in [3.63, 3.8) is 0 Å². The zero-order valence-electron chi connectivity index (χ0n) is 12.6. The van der Waals surface area contributed by atoms with Gasteiger partial charge in [0.25, 0.3) is 0 Å². The molecule has 0 amide bonds. The van der Waals surface area contributed by atoms with E-state index in [0.717, 1.165) is 31.0 Å². The summed E-state index contributed by atoms with van der Waals surface area (Å²) < 4.78 is 2.01. The third-order valence-electron chi connectivity index (χ3n) is 3.66. The lowest BCUT2D eigenvalue weighted by Crippen LogP contribution is -2.09. The van der Waals surface area contributed by atoms with Crippen LogP contribution in [0.5, 0.6) is 0 Å². The van der Waals surface area contributed by atoms with E-state index in [1.54, 1.807) is 0 Å². The molecule has 0 spiro atoms. The molecule has 0 aliphatic carbocycles. The van der Waals surface area contributed by atoms with E-state index < -0.39 is 0 Å². The van der Waals surface area contributed by atoms with Gasteiger partial charge in [0.2, 0.25) is 0 Å². The van der Waals surface area contributed by atoms with Crippen LogP contribution in [0.2, 0.25) is 0 Å². The van der Waals surface area contributed by atoms with Crippen molar-refractivity contribution in [1.82, 2.24) is 14.8 Å². The summed E-state index contributed by atoms with van der Waals surface area (Å²) in [6, 6.07) is 8.65. The summed E-state index contributed by atoms with van der Waals surface area (Å²) in [5, 5.41) is 4.55. The Morgan fingerprint density at radius 2 is 1.85 bits per heavy atom. The molecule has 2 N–H and O–H groups in total. The van der Waals surface area contributed by atoms with Crippen LogP contribution in [0.15, 0.2) is 24.3 Å². The fourth-order valence-electron chi connectivity index (χ4n) is 2.22. The van der Waals surface area contributed by atoms with Crippen LogP contribution >= 0.6 is 0 Å². The fourth-order valence-corrected chi connectivity index (χ4v) is 2.22. The van der Waals surface area contributed by atoms with Crippen LogP contribution in [-0.4, -0.2) is 21.3 Å². The predicted molar refractivity (Wildman–Crippen MR) is 81.8 cm³/mol. The van der Waals surface area contributed by atoms with E-state index in [1.807, 2.05) is 4.68 Å². The molecule has 1 aromatic carbocycles. The summed E-state index contributed by atoms with van der Waals surface area (Å²) in [7, 11) is 0. The first-order chi connectivity index (χ1) is 9.67. The van der Waals surface area contributed by atoms with Crippen molar-refractivity contribution in [2.24, 2.45) is 5.73 Å². The molecule has 0 aliphatic rings. The average molecular weight is 272 g/mol. The molecule has 2 rings (SSSR count). The van der Waals surface area contributed by atoms with Gasteiger partial charge >= 0.3 is 0 Å². The summed E-state index contributed by atoms with van der Waals surface area (Å²) in [5.41, 5.74) is 8.24. The van der Waals surface area contributed by atoms with E-state index >= 15 is 0 Å². The van der Waals surface area contributed by atoms with Crippen molar-refractivity contribution in [3.05, 3.63) is 47.0 Å². The lowest BCUT2D eigenvalue weighted by Gasteiger charge is -2.10. The average Bonchev–Trinajstić information content (AvgIpc) is 2.89. The maximum absolute atomic E-state index is 5.70. The molecule has 108 valence electrons. The normalized spacial score (nSPS) is 12.6. The Bertz CT molecular complexity index is 542. The second-order valence-electron chi connectivity index (χ2n) is 5.19. The van der Waals surface area contributed by atoms with Crippen molar-refractivity contribution in [1.29, 1.82) is 0 Å². The van der Waals surface area contributed by atoms with Gasteiger partial charge in [-0.25, -0.2) is 9.67 Å². The molecule has 1 heterocycles. The largest absolute Gasteiger partial charge is 0.330 e. The van der Waals surface area contributed by atoms with E-state index in [2.05, 4.69) is 55.1 Å². The molecule has 0 aliphatic heterocycles. The first kappa shape index (κ1) is 14.7. The summed E-state index contributed by atoms with van der Waals surface area (Å²) in [5.74, 6) is 2.39. The zero-order valence-corrected chi connectivity index (χ0v) is 12.6. The highest BCUT2D eigenvalue weighted by Crippen LogP contribution is 2.15. The number of aryl methyl sites for hydroxylation is 2. The second-order valence-corrected chi connectivity index (χ2v) is 5.19. The SMILES string of the molecule is CCc1nc(CC)n(Cc2ccc(C(C)CN)cc2)n1. The smallest absolute Gasteiger partial charge is 0.150 e. The summed E-state index contributed by atoms with van der Waals surface area (Å²) in [6.07, 6.45) is 1.79. The van der Waals surface area contributed by atoms with Crippen LogP contribution in [0.1, 0.15) is 49.5 Å². The molecule has 1 aromatic heterocycles. The molecule has 0 fully saturated rings. The highest BCUT2D eigenvalue weighted by atomic mass is 15.3. The van der Waals surface area contributed by atoms with Gasteiger partial charge in [0, 0.05) is 12.8 Å². The molecule has 0 bridgehead atoms. The van der Waals surface area contributed by atoms with Crippen molar-refractivity contribution >= 4 is 0 Å². The van der Waals surface area contributed by atoms with E-state index in [0.29, 0.717) is 12.5 Å². The molecule has 0 saturated carbocycles. The maximum Gasteiger partial charge on any atom is 0.150 e. The van der Waals surface area contributed by atoms with Gasteiger partial charge in [0.1, 0.15) is 5.82 Å². The van der Waals surface area contributed by atoms with Crippen LogP contribution in [0.4, 0.5) is 0 Å². The number of nitrogens with two attached hydrogens (primary N) is 1. The Hall–Kier alpha value is -1.68. The van der Waals surface area contributed by atoms with Crippen molar-refractivity contribution in [3.8, 4) is 0 Å². The first-order valence-corrected chi connectivity index (χ1v) is 7.39. The Balaban J connectivity index is 2.15. The molecular weight excluding hydrogens is 248 g/mol. The predicted octanol–water partition coefficient (Wildman–Crippen LogP) is 2.51. The Morgan fingerprint density at radius 1 is 1.15 bits per heavy atom. The van der Waals surface area contributed by atoms with E-state index in [1.165, 1.54) is 11.1 Å². The first-order valence-electron chi connectivity index (χ1n) is 7.39. The van der Waals surface area contributed by atoms with Crippen LogP contribution in [0.3, 0.4) is 0 Å². The van der Waals surface area contributed by atoms with Gasteiger partial charge in [-0.1, -0.05) is 45.0 Å². The minimum absolute atomic E-state index is 0.410. The number of aromatic nitrogens is 3. The monoisotopic (exact) mass is 272 g/mol. The quantitative estimate of drug-likeness (QED) is 0.879. The molecule has 4 heteroatoms. The minimum atomic E-state index is 0.410. The number of hydrogen-bond acceptors (Lipinski definition) is 3. The highest BCUT2D eigenvalue weighted by Gasteiger charge is 2.08. The molecule has 2 aromatic rings. The third-order valence-corrected chi connectivity index (χ3v) is 3.66. The van der Waals surface area contributed by atoms with Crippen molar-refractivity contribution in [2.75, 3.05) is 6.54 Å². The number of benzene rings is 1. The molecule has 0 saturated heterocycles. The molecule has 1 unspecified atom stereocenters. The third kappa shape index (κ3) is 3.25. The van der Waals surface area contributed by atoms with Gasteiger partial charge in [0.05, 0.1) is 6.54 Å². The van der Waals surface area contributed by atoms with Gasteiger partial charge in [-0.05, 0) is 23.6 Å². The van der Waals surface area contributed by atoms with Crippen LogP contribution in [0, 0.1) is 0 Å². The van der Waals surface area contributed by atoms with Crippen LogP contribution in [-0.2, 0) is 19.4 Å². The van der Waals surface area contributed by atoms with Crippen LogP contribution < -0.4 is 5.73 Å². The molecule has 4 nitrogen and oxygen atoms in total. The van der Waals surface area contributed by atoms with Crippen molar-refractivity contribution < 1.29 is 0 Å².